The second-order valence-electron chi connectivity index (χ2n) is 3.25. The molecule has 17 heavy (non-hydrogen) atoms. The summed E-state index contributed by atoms with van der Waals surface area (Å²) in [6.07, 6.45) is 0.0322. The molecule has 0 unspecified atom stereocenters. The van der Waals surface area contributed by atoms with Gasteiger partial charge in [0.15, 0.2) is 5.11 Å². The van der Waals surface area contributed by atoms with Gasteiger partial charge < -0.3 is 20.5 Å². The molecule has 1 aromatic rings. The highest BCUT2D eigenvalue weighted by Crippen LogP contribution is 2.14. The maximum absolute atomic E-state index is 10.3. The summed E-state index contributed by atoms with van der Waals surface area (Å²) in [7, 11) is 1.60. The van der Waals surface area contributed by atoms with E-state index in [1.54, 1.807) is 7.11 Å². The molecule has 0 spiro atoms. The summed E-state index contributed by atoms with van der Waals surface area (Å²) in [6, 6.07) is 7.26. The van der Waals surface area contributed by atoms with E-state index in [0.29, 0.717) is 11.7 Å². The van der Waals surface area contributed by atoms with Crippen molar-refractivity contribution in [1.29, 1.82) is 0 Å². The van der Waals surface area contributed by atoms with Crippen molar-refractivity contribution in [3.8, 4) is 5.75 Å². The van der Waals surface area contributed by atoms with E-state index in [-0.39, 0.29) is 6.42 Å². The minimum absolute atomic E-state index is 0.0322. The number of anilines is 1. The third-order valence-corrected chi connectivity index (χ3v) is 2.22. The second-order valence-corrected chi connectivity index (χ2v) is 3.66. The minimum atomic E-state index is -0.857. The molecule has 5 nitrogen and oxygen atoms in total. The zero-order valence-electron chi connectivity index (χ0n) is 9.40. The molecule has 3 N–H and O–H groups in total. The smallest absolute Gasteiger partial charge is 0.305 e. The Kier molecular flexibility index (Phi) is 5.22. The van der Waals surface area contributed by atoms with Crippen LogP contribution in [0.5, 0.6) is 5.75 Å². The van der Waals surface area contributed by atoms with Gasteiger partial charge >= 0.3 is 5.97 Å². The lowest BCUT2D eigenvalue weighted by atomic mass is 10.3. The first-order chi connectivity index (χ1) is 8.11. The van der Waals surface area contributed by atoms with Crippen LogP contribution >= 0.6 is 12.2 Å². The van der Waals surface area contributed by atoms with Gasteiger partial charge in [-0.1, -0.05) is 0 Å². The predicted molar refractivity (Wildman–Crippen MR) is 69.5 cm³/mol. The van der Waals surface area contributed by atoms with Gasteiger partial charge in [-0.05, 0) is 36.5 Å². The first-order valence-electron chi connectivity index (χ1n) is 5.02. The molecule has 0 fully saturated rings. The van der Waals surface area contributed by atoms with E-state index in [4.69, 9.17) is 22.1 Å². The standard InChI is InChI=1S/C11H14N2O3S/c1-16-9-4-2-8(3-5-9)13-11(17)12-7-6-10(14)15/h2-5H,6-7H2,1H3,(H,14,15)(H2,12,13,17). The van der Waals surface area contributed by atoms with Gasteiger partial charge in [-0.25, -0.2) is 0 Å². The van der Waals surface area contributed by atoms with Gasteiger partial charge in [0.1, 0.15) is 5.75 Å². The van der Waals surface area contributed by atoms with Gasteiger partial charge in [0.25, 0.3) is 0 Å². The Bertz CT molecular complexity index is 392. The van der Waals surface area contributed by atoms with Crippen molar-refractivity contribution in [3.63, 3.8) is 0 Å². The summed E-state index contributed by atoms with van der Waals surface area (Å²) >= 11 is 5.00. The number of hydrogen-bond donors (Lipinski definition) is 3. The predicted octanol–water partition coefficient (Wildman–Crippen LogP) is 1.46. The van der Waals surface area contributed by atoms with Crippen molar-refractivity contribution in [2.75, 3.05) is 19.0 Å². The summed E-state index contributed by atoms with van der Waals surface area (Å²) in [5.41, 5.74) is 0.818. The number of carbonyl (C=O) groups is 1. The average Bonchev–Trinajstić information content (AvgIpc) is 2.29. The Labute approximate surface area is 105 Å². The molecule has 0 amide bonds. The maximum Gasteiger partial charge on any atom is 0.305 e. The third-order valence-electron chi connectivity index (χ3n) is 1.97. The van der Waals surface area contributed by atoms with Crippen molar-refractivity contribution in [2.45, 2.75) is 6.42 Å². The van der Waals surface area contributed by atoms with E-state index >= 15 is 0 Å². The number of benzene rings is 1. The van der Waals surface area contributed by atoms with Crippen LogP contribution in [-0.4, -0.2) is 29.8 Å². The number of thiocarbonyl (C=S) groups is 1. The van der Waals surface area contributed by atoms with E-state index in [2.05, 4.69) is 10.6 Å². The number of aliphatic carboxylic acids is 1. The van der Waals surface area contributed by atoms with Crippen molar-refractivity contribution in [3.05, 3.63) is 24.3 Å². The van der Waals surface area contributed by atoms with Gasteiger partial charge in [0, 0.05) is 12.2 Å². The lowest BCUT2D eigenvalue weighted by molar-refractivity contribution is -0.136. The monoisotopic (exact) mass is 254 g/mol. The Morgan fingerprint density at radius 1 is 1.41 bits per heavy atom. The molecule has 0 aliphatic rings. The molecule has 1 rings (SSSR count). The lowest BCUT2D eigenvalue weighted by Crippen LogP contribution is -2.30. The van der Waals surface area contributed by atoms with Crippen LogP contribution in [0.25, 0.3) is 0 Å². The number of rotatable bonds is 5. The zero-order chi connectivity index (χ0) is 12.7. The van der Waals surface area contributed by atoms with Gasteiger partial charge in [-0.2, -0.15) is 0 Å². The molecule has 0 atom stereocenters. The largest absolute Gasteiger partial charge is 0.497 e. The molecule has 0 aliphatic carbocycles. The Balaban J connectivity index is 2.37. The van der Waals surface area contributed by atoms with E-state index in [0.717, 1.165) is 11.4 Å². The lowest BCUT2D eigenvalue weighted by Gasteiger charge is -2.09. The summed E-state index contributed by atoms with van der Waals surface area (Å²) in [5, 5.41) is 14.6. The van der Waals surface area contributed by atoms with E-state index in [1.165, 1.54) is 0 Å². The Morgan fingerprint density at radius 3 is 2.59 bits per heavy atom. The first kappa shape index (κ1) is 13.2. The van der Waals surface area contributed by atoms with Crippen molar-refractivity contribution in [1.82, 2.24) is 5.32 Å². The molecule has 0 radical (unpaired) electrons. The molecular weight excluding hydrogens is 240 g/mol. The molecule has 0 saturated carbocycles. The van der Waals surface area contributed by atoms with E-state index in [9.17, 15) is 4.79 Å². The molecule has 0 bridgehead atoms. The number of carboxylic acid groups (broad SMARTS) is 1. The Morgan fingerprint density at radius 2 is 2.06 bits per heavy atom. The molecule has 1 aromatic carbocycles. The first-order valence-corrected chi connectivity index (χ1v) is 5.43. The van der Waals surface area contributed by atoms with E-state index in [1.807, 2.05) is 24.3 Å². The second kappa shape index (κ2) is 6.70. The summed E-state index contributed by atoms with van der Waals surface area (Å²) < 4.78 is 5.02. The van der Waals surface area contributed by atoms with Crippen LogP contribution in [0.2, 0.25) is 0 Å². The summed E-state index contributed by atoms with van der Waals surface area (Å²) in [5.74, 6) is -0.0925. The molecule has 92 valence electrons. The van der Waals surface area contributed by atoms with Crippen molar-refractivity contribution in [2.24, 2.45) is 0 Å². The highest BCUT2D eigenvalue weighted by atomic mass is 32.1. The highest BCUT2D eigenvalue weighted by Gasteiger charge is 2.00. The quantitative estimate of drug-likeness (QED) is 0.691. The minimum Gasteiger partial charge on any atom is -0.497 e. The molecule has 6 heteroatoms. The van der Waals surface area contributed by atoms with Crippen LogP contribution in [-0.2, 0) is 4.79 Å². The number of ether oxygens (including phenoxy) is 1. The van der Waals surface area contributed by atoms with Gasteiger partial charge in [-0.3, -0.25) is 4.79 Å². The Hall–Kier alpha value is -1.82. The normalized spacial score (nSPS) is 9.47. The van der Waals surface area contributed by atoms with Crippen LogP contribution in [0.3, 0.4) is 0 Å². The summed E-state index contributed by atoms with van der Waals surface area (Å²) in [4.78, 5) is 10.3. The topological polar surface area (TPSA) is 70.6 Å². The van der Waals surface area contributed by atoms with Crippen LogP contribution in [0.1, 0.15) is 6.42 Å². The molecule has 0 aromatic heterocycles. The summed E-state index contributed by atoms with van der Waals surface area (Å²) in [6.45, 7) is 0.303. The number of carboxylic acids is 1. The molecule has 0 saturated heterocycles. The molecule has 0 aliphatic heterocycles. The molecular formula is C11H14N2O3S. The van der Waals surface area contributed by atoms with Gasteiger partial charge in [-0.15, -0.1) is 0 Å². The SMILES string of the molecule is COc1ccc(NC(=S)NCCC(=O)O)cc1. The van der Waals surface area contributed by atoms with E-state index < -0.39 is 5.97 Å². The molecule has 0 heterocycles. The number of hydrogen-bond acceptors (Lipinski definition) is 3. The van der Waals surface area contributed by atoms with Crippen LogP contribution in [0.15, 0.2) is 24.3 Å². The van der Waals surface area contributed by atoms with Crippen LogP contribution < -0.4 is 15.4 Å². The van der Waals surface area contributed by atoms with Crippen molar-refractivity contribution >= 4 is 29.0 Å². The van der Waals surface area contributed by atoms with Gasteiger partial charge in [0.05, 0.1) is 13.5 Å². The number of nitrogens with one attached hydrogen (secondary N) is 2. The fourth-order valence-corrected chi connectivity index (χ4v) is 1.35. The highest BCUT2D eigenvalue weighted by molar-refractivity contribution is 7.80. The average molecular weight is 254 g/mol. The van der Waals surface area contributed by atoms with Gasteiger partial charge in [0.2, 0.25) is 0 Å². The fraction of sp³-hybridized carbons (Fsp3) is 0.273. The van der Waals surface area contributed by atoms with Crippen LogP contribution in [0.4, 0.5) is 5.69 Å². The number of methoxy groups -OCH3 is 1. The third kappa shape index (κ3) is 5.17. The fourth-order valence-electron chi connectivity index (χ4n) is 1.13. The van der Waals surface area contributed by atoms with Crippen LogP contribution in [0, 0.1) is 0 Å². The maximum atomic E-state index is 10.3. The zero-order valence-corrected chi connectivity index (χ0v) is 10.2. The van der Waals surface area contributed by atoms with Crippen molar-refractivity contribution < 1.29 is 14.6 Å².